The Morgan fingerprint density at radius 1 is 1.54 bits per heavy atom. The fraction of sp³-hybridized carbons (Fsp3) is 0.250. The van der Waals surface area contributed by atoms with Crippen molar-refractivity contribution in [1.82, 2.24) is 4.98 Å². The van der Waals surface area contributed by atoms with Crippen LogP contribution < -0.4 is 5.73 Å². The van der Waals surface area contributed by atoms with E-state index in [4.69, 9.17) is 11.0 Å². The first-order valence-corrected chi connectivity index (χ1v) is 3.35. The standard InChI is InChI=1S/C8H9N3.2ClH/c1-6(10)8-2-3-11-5-7(8)4-9;;/h2-3,5-6H,10H2,1H3;2*1H/t6-;;/m1../s1. The summed E-state index contributed by atoms with van der Waals surface area (Å²) in [4.78, 5) is 3.82. The van der Waals surface area contributed by atoms with Crippen LogP contribution >= 0.6 is 24.8 Å². The van der Waals surface area contributed by atoms with Crippen molar-refractivity contribution in [3.05, 3.63) is 29.6 Å². The van der Waals surface area contributed by atoms with E-state index in [1.165, 1.54) is 6.20 Å². The zero-order chi connectivity index (χ0) is 8.27. The zero-order valence-electron chi connectivity index (χ0n) is 7.10. The van der Waals surface area contributed by atoms with E-state index in [0.717, 1.165) is 5.56 Å². The van der Waals surface area contributed by atoms with Crippen molar-refractivity contribution in [2.24, 2.45) is 5.73 Å². The molecule has 0 bridgehead atoms. The molecule has 0 aromatic carbocycles. The van der Waals surface area contributed by atoms with Gasteiger partial charge in [-0.3, -0.25) is 4.98 Å². The van der Waals surface area contributed by atoms with Crippen molar-refractivity contribution in [1.29, 1.82) is 5.26 Å². The lowest BCUT2D eigenvalue weighted by Gasteiger charge is -2.05. The maximum Gasteiger partial charge on any atom is 0.101 e. The van der Waals surface area contributed by atoms with Crippen molar-refractivity contribution in [2.75, 3.05) is 0 Å². The maximum absolute atomic E-state index is 8.62. The molecule has 0 saturated heterocycles. The second-order valence-corrected chi connectivity index (χ2v) is 2.36. The lowest BCUT2D eigenvalue weighted by molar-refractivity contribution is 0.812. The van der Waals surface area contributed by atoms with Crippen LogP contribution in [0.2, 0.25) is 0 Å². The summed E-state index contributed by atoms with van der Waals surface area (Å²) in [6.45, 7) is 1.84. The highest BCUT2D eigenvalue weighted by molar-refractivity contribution is 5.85. The second kappa shape index (κ2) is 6.67. The molecular formula is C8H11Cl2N3. The number of aromatic nitrogens is 1. The predicted octanol–water partition coefficient (Wildman–Crippen LogP) is 1.82. The number of nitrogens with two attached hydrogens (primary N) is 1. The first kappa shape index (κ1) is 14.7. The average molecular weight is 220 g/mol. The van der Waals surface area contributed by atoms with Crippen LogP contribution in [0, 0.1) is 11.3 Å². The summed E-state index contributed by atoms with van der Waals surface area (Å²) in [5, 5.41) is 8.62. The van der Waals surface area contributed by atoms with E-state index in [-0.39, 0.29) is 30.9 Å². The summed E-state index contributed by atoms with van der Waals surface area (Å²) in [5.41, 5.74) is 7.02. The monoisotopic (exact) mass is 219 g/mol. The van der Waals surface area contributed by atoms with Crippen molar-refractivity contribution in [3.8, 4) is 6.07 Å². The van der Waals surface area contributed by atoms with Crippen molar-refractivity contribution in [3.63, 3.8) is 0 Å². The van der Waals surface area contributed by atoms with Gasteiger partial charge in [0.25, 0.3) is 0 Å². The van der Waals surface area contributed by atoms with Gasteiger partial charge in [0, 0.05) is 18.4 Å². The maximum atomic E-state index is 8.62. The van der Waals surface area contributed by atoms with Gasteiger partial charge in [-0.2, -0.15) is 5.26 Å². The Hall–Kier alpha value is -0.820. The molecule has 0 spiro atoms. The number of nitriles is 1. The number of rotatable bonds is 1. The van der Waals surface area contributed by atoms with Gasteiger partial charge in [-0.05, 0) is 18.6 Å². The third kappa shape index (κ3) is 3.60. The van der Waals surface area contributed by atoms with Crippen molar-refractivity contribution >= 4 is 24.8 Å². The Labute approximate surface area is 89.8 Å². The molecule has 0 radical (unpaired) electrons. The molecule has 3 nitrogen and oxygen atoms in total. The largest absolute Gasteiger partial charge is 0.324 e. The van der Waals surface area contributed by atoms with Gasteiger partial charge in [0.2, 0.25) is 0 Å². The number of hydrogen-bond donors (Lipinski definition) is 1. The SMILES string of the molecule is C[C@@H](N)c1ccncc1C#N.Cl.Cl. The molecule has 0 amide bonds. The summed E-state index contributed by atoms with van der Waals surface area (Å²) < 4.78 is 0. The third-order valence-electron chi connectivity index (χ3n) is 1.47. The summed E-state index contributed by atoms with van der Waals surface area (Å²) in [6, 6.07) is 3.70. The van der Waals surface area contributed by atoms with Crippen LogP contribution in [-0.4, -0.2) is 4.98 Å². The quantitative estimate of drug-likeness (QED) is 0.784. The highest BCUT2D eigenvalue weighted by atomic mass is 35.5. The van der Waals surface area contributed by atoms with Crippen LogP contribution in [-0.2, 0) is 0 Å². The lowest BCUT2D eigenvalue weighted by Crippen LogP contribution is -2.07. The molecule has 2 N–H and O–H groups in total. The molecule has 1 heterocycles. The Bertz CT molecular complexity index is 294. The van der Waals surface area contributed by atoms with Crippen LogP contribution in [0.3, 0.4) is 0 Å². The summed E-state index contributed by atoms with van der Waals surface area (Å²) in [6.07, 6.45) is 3.16. The molecule has 0 aliphatic heterocycles. The molecule has 5 heteroatoms. The molecular weight excluding hydrogens is 209 g/mol. The smallest absolute Gasteiger partial charge is 0.101 e. The van der Waals surface area contributed by atoms with Crippen molar-refractivity contribution < 1.29 is 0 Å². The molecule has 1 aromatic rings. The normalized spacial score (nSPS) is 10.2. The summed E-state index contributed by atoms with van der Waals surface area (Å²) in [7, 11) is 0. The Balaban J connectivity index is 0. The third-order valence-corrected chi connectivity index (χ3v) is 1.47. The van der Waals surface area contributed by atoms with Crippen molar-refractivity contribution in [2.45, 2.75) is 13.0 Å². The molecule has 72 valence electrons. The summed E-state index contributed by atoms with van der Waals surface area (Å²) >= 11 is 0. The van der Waals surface area contributed by atoms with Gasteiger partial charge in [0.05, 0.1) is 5.56 Å². The van der Waals surface area contributed by atoms with Gasteiger partial charge in [0.1, 0.15) is 6.07 Å². The average Bonchev–Trinajstić information content (AvgIpc) is 2.04. The number of nitrogens with zero attached hydrogens (tertiary/aromatic N) is 2. The molecule has 0 unspecified atom stereocenters. The predicted molar refractivity (Wildman–Crippen MR) is 56.1 cm³/mol. The van der Waals surface area contributed by atoms with Crippen LogP contribution in [0.4, 0.5) is 0 Å². The Kier molecular flexibility index (Phi) is 7.54. The van der Waals surface area contributed by atoms with Gasteiger partial charge < -0.3 is 5.73 Å². The van der Waals surface area contributed by atoms with Crippen LogP contribution in [0.25, 0.3) is 0 Å². The van der Waals surface area contributed by atoms with E-state index >= 15 is 0 Å². The van der Waals surface area contributed by atoms with Gasteiger partial charge >= 0.3 is 0 Å². The van der Waals surface area contributed by atoms with E-state index in [9.17, 15) is 0 Å². The minimum Gasteiger partial charge on any atom is -0.324 e. The first-order chi connectivity index (χ1) is 5.25. The van der Waals surface area contributed by atoms with Gasteiger partial charge in [-0.15, -0.1) is 24.8 Å². The number of hydrogen-bond acceptors (Lipinski definition) is 3. The van der Waals surface area contributed by atoms with Gasteiger partial charge in [0.15, 0.2) is 0 Å². The lowest BCUT2D eigenvalue weighted by atomic mass is 10.1. The summed E-state index contributed by atoms with van der Waals surface area (Å²) in [5.74, 6) is 0. The van der Waals surface area contributed by atoms with Crippen LogP contribution in [0.5, 0.6) is 0 Å². The highest BCUT2D eigenvalue weighted by Gasteiger charge is 2.04. The molecule has 13 heavy (non-hydrogen) atoms. The van der Waals surface area contributed by atoms with E-state index in [0.29, 0.717) is 5.56 Å². The molecule has 0 aliphatic carbocycles. The molecule has 1 aromatic heterocycles. The first-order valence-electron chi connectivity index (χ1n) is 3.35. The molecule has 1 rings (SSSR count). The number of halogens is 2. The molecule has 1 atom stereocenters. The molecule has 0 aliphatic rings. The van der Waals surface area contributed by atoms with E-state index in [1.807, 2.05) is 13.0 Å². The molecule has 0 saturated carbocycles. The van der Waals surface area contributed by atoms with E-state index in [2.05, 4.69) is 4.98 Å². The number of pyridine rings is 1. The fourth-order valence-corrected chi connectivity index (χ4v) is 0.896. The van der Waals surface area contributed by atoms with Gasteiger partial charge in [-0.25, -0.2) is 0 Å². The second-order valence-electron chi connectivity index (χ2n) is 2.36. The highest BCUT2D eigenvalue weighted by Crippen LogP contribution is 2.12. The van der Waals surface area contributed by atoms with E-state index in [1.54, 1.807) is 12.3 Å². The Morgan fingerprint density at radius 3 is 2.54 bits per heavy atom. The topological polar surface area (TPSA) is 62.7 Å². The Morgan fingerprint density at radius 2 is 2.15 bits per heavy atom. The van der Waals surface area contributed by atoms with E-state index < -0.39 is 0 Å². The molecule has 0 fully saturated rings. The fourth-order valence-electron chi connectivity index (χ4n) is 0.896. The van der Waals surface area contributed by atoms with Gasteiger partial charge in [-0.1, -0.05) is 0 Å². The van der Waals surface area contributed by atoms with Crippen LogP contribution in [0.15, 0.2) is 18.5 Å². The van der Waals surface area contributed by atoms with Crippen LogP contribution in [0.1, 0.15) is 24.1 Å². The zero-order valence-corrected chi connectivity index (χ0v) is 8.73. The minimum atomic E-state index is -0.104. The minimum absolute atomic E-state index is 0.